The predicted octanol–water partition coefficient (Wildman–Crippen LogP) is 1.46. The van der Waals surface area contributed by atoms with Crippen molar-refractivity contribution < 1.29 is 22.4 Å². The van der Waals surface area contributed by atoms with E-state index in [4.69, 9.17) is 4.42 Å². The number of sulfonamides is 1. The summed E-state index contributed by atoms with van der Waals surface area (Å²) in [6, 6.07) is 1.20. The van der Waals surface area contributed by atoms with Gasteiger partial charge in [0.15, 0.2) is 0 Å². The molecule has 0 radical (unpaired) electrons. The Bertz CT molecular complexity index is 623. The number of furan rings is 1. The highest BCUT2D eigenvalue weighted by molar-refractivity contribution is 7.89. The van der Waals surface area contributed by atoms with Crippen LogP contribution in [0.25, 0.3) is 0 Å². The van der Waals surface area contributed by atoms with Crippen LogP contribution in [-0.2, 0) is 14.8 Å². The number of ether oxygens (including phenoxy) is 1. The van der Waals surface area contributed by atoms with E-state index in [9.17, 15) is 13.2 Å². The van der Waals surface area contributed by atoms with Gasteiger partial charge in [-0.15, -0.1) is 12.4 Å². The third kappa shape index (κ3) is 5.20. The van der Waals surface area contributed by atoms with Gasteiger partial charge in [0.05, 0.1) is 7.11 Å². The lowest BCUT2D eigenvalue weighted by Gasteiger charge is -2.22. The van der Waals surface area contributed by atoms with Gasteiger partial charge < -0.3 is 14.5 Å². The molecule has 7 nitrogen and oxygen atoms in total. The van der Waals surface area contributed by atoms with Crippen molar-refractivity contribution in [3.63, 3.8) is 0 Å². The maximum absolute atomic E-state index is 12.3. The molecular weight excluding hydrogens is 344 g/mol. The summed E-state index contributed by atoms with van der Waals surface area (Å²) in [7, 11) is -2.47. The first-order valence-corrected chi connectivity index (χ1v) is 8.81. The fourth-order valence-electron chi connectivity index (χ4n) is 2.58. The number of hydrogen-bond acceptors (Lipinski definition) is 6. The van der Waals surface area contributed by atoms with Gasteiger partial charge >= 0.3 is 5.97 Å². The summed E-state index contributed by atoms with van der Waals surface area (Å²) in [5.41, 5.74) is 0. The van der Waals surface area contributed by atoms with Crippen LogP contribution >= 0.6 is 12.4 Å². The minimum Gasteiger partial charge on any atom is -0.463 e. The molecule has 0 aliphatic carbocycles. The Kier molecular flexibility index (Phi) is 7.53. The van der Waals surface area contributed by atoms with E-state index in [-0.39, 0.29) is 28.8 Å². The molecule has 0 saturated carbocycles. The molecule has 23 heavy (non-hydrogen) atoms. The summed E-state index contributed by atoms with van der Waals surface area (Å²) in [5, 5.41) is 3.30. The van der Waals surface area contributed by atoms with Crippen molar-refractivity contribution in [1.29, 1.82) is 0 Å². The molecule has 1 fully saturated rings. The summed E-state index contributed by atoms with van der Waals surface area (Å²) in [6.45, 7) is 3.84. The average Bonchev–Trinajstić information content (AvgIpc) is 2.90. The lowest BCUT2D eigenvalue weighted by Crippen LogP contribution is -2.33. The lowest BCUT2D eigenvalue weighted by atomic mass is 9.96. The van der Waals surface area contributed by atoms with E-state index < -0.39 is 16.0 Å². The van der Waals surface area contributed by atoms with Crippen LogP contribution in [0.3, 0.4) is 0 Å². The predicted molar refractivity (Wildman–Crippen MR) is 87.4 cm³/mol. The van der Waals surface area contributed by atoms with Crippen molar-refractivity contribution in [3.8, 4) is 0 Å². The Labute approximate surface area is 142 Å². The number of esters is 1. The summed E-state index contributed by atoms with van der Waals surface area (Å²) in [4.78, 5) is 11.4. The van der Waals surface area contributed by atoms with Gasteiger partial charge in [-0.1, -0.05) is 0 Å². The first-order valence-electron chi connectivity index (χ1n) is 7.33. The van der Waals surface area contributed by atoms with Gasteiger partial charge in [-0.3, -0.25) is 0 Å². The monoisotopic (exact) mass is 366 g/mol. The normalized spacial score (nSPS) is 18.3. The number of methoxy groups -OCH3 is 1. The summed E-state index contributed by atoms with van der Waals surface area (Å²) >= 11 is 0. The topological polar surface area (TPSA) is 97.6 Å². The van der Waals surface area contributed by atoms with Crippen molar-refractivity contribution in [2.24, 2.45) is 5.92 Å². The zero-order valence-corrected chi connectivity index (χ0v) is 14.9. The van der Waals surface area contributed by atoms with Crippen LogP contribution in [0.2, 0.25) is 0 Å². The molecule has 1 aromatic rings. The van der Waals surface area contributed by atoms with Crippen molar-refractivity contribution >= 4 is 28.4 Å². The highest BCUT2D eigenvalue weighted by Gasteiger charge is 2.24. The van der Waals surface area contributed by atoms with Crippen molar-refractivity contribution in [2.45, 2.75) is 31.1 Å². The number of aryl methyl sites for hydroxylation is 1. The number of carbonyl (C=O) groups excluding carboxylic acids is 1. The van der Waals surface area contributed by atoms with Gasteiger partial charge in [0, 0.05) is 12.6 Å². The summed E-state index contributed by atoms with van der Waals surface area (Å²) in [5.74, 6) is -0.144. The van der Waals surface area contributed by atoms with Gasteiger partial charge in [-0.05, 0) is 45.2 Å². The third-order valence-corrected chi connectivity index (χ3v) is 5.36. The Balaban J connectivity index is 0.00000264. The Morgan fingerprint density at radius 3 is 2.87 bits per heavy atom. The highest BCUT2D eigenvalue weighted by atomic mass is 35.5. The van der Waals surface area contributed by atoms with Crippen LogP contribution in [0, 0.1) is 12.8 Å². The molecule has 1 aliphatic rings. The number of hydrogen-bond donors (Lipinski definition) is 2. The first-order chi connectivity index (χ1) is 10.4. The largest absolute Gasteiger partial charge is 0.463 e. The number of halogens is 1. The first kappa shape index (κ1) is 20.0. The van der Waals surface area contributed by atoms with Gasteiger partial charge in [-0.25, -0.2) is 17.9 Å². The van der Waals surface area contributed by atoms with E-state index in [0.29, 0.717) is 12.5 Å². The van der Waals surface area contributed by atoms with E-state index in [1.165, 1.54) is 20.1 Å². The second-order valence-electron chi connectivity index (χ2n) is 5.42. The molecule has 0 aromatic carbocycles. The van der Waals surface area contributed by atoms with E-state index in [1.807, 2.05) is 0 Å². The zero-order valence-electron chi connectivity index (χ0n) is 13.3. The zero-order chi connectivity index (χ0) is 16.2. The summed E-state index contributed by atoms with van der Waals surface area (Å²) < 4.78 is 36.8. The molecule has 0 bridgehead atoms. The number of carbonyl (C=O) groups is 1. The number of nitrogens with one attached hydrogen (secondary N) is 2. The fraction of sp³-hybridized carbons (Fsp3) is 0.643. The molecule has 2 rings (SSSR count). The van der Waals surface area contributed by atoms with Crippen LogP contribution in [0.15, 0.2) is 15.4 Å². The van der Waals surface area contributed by atoms with Gasteiger partial charge in [-0.2, -0.15) is 0 Å². The second kappa shape index (κ2) is 8.68. The van der Waals surface area contributed by atoms with Crippen LogP contribution in [0.5, 0.6) is 0 Å². The molecule has 1 aliphatic heterocycles. The molecule has 9 heteroatoms. The van der Waals surface area contributed by atoms with Crippen molar-refractivity contribution in [2.75, 3.05) is 26.7 Å². The number of piperidine rings is 1. The van der Waals surface area contributed by atoms with Crippen molar-refractivity contribution in [1.82, 2.24) is 10.0 Å². The smallest absolute Gasteiger partial charge is 0.373 e. The average molecular weight is 367 g/mol. The highest BCUT2D eigenvalue weighted by Crippen LogP contribution is 2.21. The minimum atomic E-state index is -3.68. The van der Waals surface area contributed by atoms with E-state index >= 15 is 0 Å². The van der Waals surface area contributed by atoms with Crippen LogP contribution in [0.1, 0.15) is 35.6 Å². The minimum absolute atomic E-state index is 0. The second-order valence-corrected chi connectivity index (χ2v) is 7.16. The molecule has 1 saturated heterocycles. The van der Waals surface area contributed by atoms with Crippen LogP contribution < -0.4 is 10.0 Å². The van der Waals surface area contributed by atoms with Gasteiger partial charge in [0.25, 0.3) is 0 Å². The Morgan fingerprint density at radius 1 is 1.52 bits per heavy atom. The van der Waals surface area contributed by atoms with Crippen LogP contribution in [-0.4, -0.2) is 41.1 Å². The third-order valence-electron chi connectivity index (χ3n) is 3.79. The molecule has 1 atom stereocenters. The Hall–Kier alpha value is -1.09. The molecular formula is C14H23ClN2O5S. The molecule has 1 aromatic heterocycles. The maximum Gasteiger partial charge on any atom is 0.373 e. The summed E-state index contributed by atoms with van der Waals surface area (Å²) in [6.07, 6.45) is 3.03. The molecule has 0 spiro atoms. The van der Waals surface area contributed by atoms with E-state index in [0.717, 1.165) is 32.4 Å². The Morgan fingerprint density at radius 2 is 2.26 bits per heavy atom. The lowest BCUT2D eigenvalue weighted by molar-refractivity contribution is 0.0563. The molecule has 0 amide bonds. The van der Waals surface area contributed by atoms with Gasteiger partial charge in [0.2, 0.25) is 15.8 Å². The standard InChI is InChI=1S/C14H22N2O5S.ClH/c1-10-13(8-12(21-10)14(17)20-2)22(18,19)16-7-5-11-4-3-6-15-9-11;/h8,11,15-16H,3-7,9H2,1-2H3;1H. The molecule has 132 valence electrons. The van der Waals surface area contributed by atoms with Crippen LogP contribution in [0.4, 0.5) is 0 Å². The molecule has 1 unspecified atom stereocenters. The maximum atomic E-state index is 12.3. The van der Waals surface area contributed by atoms with E-state index in [1.54, 1.807) is 0 Å². The van der Waals surface area contributed by atoms with E-state index in [2.05, 4.69) is 14.8 Å². The van der Waals surface area contributed by atoms with Gasteiger partial charge in [0.1, 0.15) is 10.7 Å². The van der Waals surface area contributed by atoms with Crippen molar-refractivity contribution in [3.05, 3.63) is 17.6 Å². The fourth-order valence-corrected chi connectivity index (χ4v) is 3.80. The molecule has 2 N–H and O–H groups in total. The molecule has 2 heterocycles. The number of rotatable bonds is 6. The SMILES string of the molecule is COC(=O)c1cc(S(=O)(=O)NCCC2CCCNC2)c(C)o1.Cl. The quantitative estimate of drug-likeness (QED) is 0.740.